The molecule has 0 heterocycles. The van der Waals surface area contributed by atoms with Gasteiger partial charge in [-0.05, 0) is 44.4 Å². The molecule has 0 radical (unpaired) electrons. The Morgan fingerprint density at radius 2 is 2.22 bits per heavy atom. The van der Waals surface area contributed by atoms with E-state index in [9.17, 15) is 4.79 Å². The molecule has 1 aliphatic rings. The summed E-state index contributed by atoms with van der Waals surface area (Å²) in [7, 11) is 1.61. The molecule has 2 atom stereocenters. The van der Waals surface area contributed by atoms with E-state index in [0.29, 0.717) is 23.8 Å². The molecule has 2 unspecified atom stereocenters. The van der Waals surface area contributed by atoms with Crippen molar-refractivity contribution < 1.29 is 9.53 Å². The molecule has 0 bridgehead atoms. The van der Waals surface area contributed by atoms with Crippen LogP contribution < -0.4 is 10.5 Å². The summed E-state index contributed by atoms with van der Waals surface area (Å²) in [6.07, 6.45) is 3.13. The summed E-state index contributed by atoms with van der Waals surface area (Å²) in [6.45, 7) is 2.59. The summed E-state index contributed by atoms with van der Waals surface area (Å²) >= 11 is 0. The molecule has 1 aliphatic carbocycles. The van der Waals surface area contributed by atoms with E-state index < -0.39 is 0 Å². The molecule has 1 aromatic carbocycles. The second-order valence-electron chi connectivity index (χ2n) is 5.10. The van der Waals surface area contributed by atoms with Gasteiger partial charge in [0.1, 0.15) is 5.75 Å². The number of methoxy groups -OCH3 is 1. The largest absolute Gasteiger partial charge is 0.496 e. The second-order valence-corrected chi connectivity index (χ2v) is 5.10. The molecule has 1 fully saturated rings. The zero-order valence-electron chi connectivity index (χ0n) is 11.1. The first-order valence-corrected chi connectivity index (χ1v) is 6.56. The van der Waals surface area contributed by atoms with Crippen LogP contribution in [0.5, 0.6) is 5.75 Å². The van der Waals surface area contributed by atoms with Gasteiger partial charge in [0.05, 0.1) is 12.7 Å². The van der Waals surface area contributed by atoms with Crippen LogP contribution in [0, 0.1) is 18.8 Å². The van der Waals surface area contributed by atoms with Crippen LogP contribution in [-0.2, 0) is 0 Å². The standard InChI is InChI=1S/C15H21NO2/c1-10-6-7-14(18-2)13(8-10)15(17)12-5-3-4-11(12)9-16/h6-8,11-12H,3-5,9,16H2,1-2H3. The van der Waals surface area contributed by atoms with E-state index in [-0.39, 0.29) is 11.7 Å². The molecule has 0 saturated heterocycles. The van der Waals surface area contributed by atoms with Gasteiger partial charge in [0.25, 0.3) is 0 Å². The smallest absolute Gasteiger partial charge is 0.169 e. The Balaban J connectivity index is 2.30. The molecule has 2 N–H and O–H groups in total. The highest BCUT2D eigenvalue weighted by atomic mass is 16.5. The Hall–Kier alpha value is -1.35. The average molecular weight is 247 g/mol. The predicted octanol–water partition coefficient (Wildman–Crippen LogP) is 2.56. The van der Waals surface area contributed by atoms with Gasteiger partial charge in [-0.1, -0.05) is 18.1 Å². The highest BCUT2D eigenvalue weighted by Crippen LogP contribution is 2.35. The van der Waals surface area contributed by atoms with Crippen LogP contribution in [0.3, 0.4) is 0 Å². The van der Waals surface area contributed by atoms with Crippen LogP contribution >= 0.6 is 0 Å². The fourth-order valence-corrected chi connectivity index (χ4v) is 2.88. The molecule has 1 aromatic rings. The van der Waals surface area contributed by atoms with Crippen molar-refractivity contribution in [2.45, 2.75) is 26.2 Å². The molecule has 0 spiro atoms. The number of rotatable bonds is 4. The minimum Gasteiger partial charge on any atom is -0.496 e. The number of hydrogen-bond acceptors (Lipinski definition) is 3. The first-order valence-electron chi connectivity index (χ1n) is 6.56. The number of aryl methyl sites for hydroxylation is 1. The molecular weight excluding hydrogens is 226 g/mol. The molecular formula is C15H21NO2. The topological polar surface area (TPSA) is 52.3 Å². The van der Waals surface area contributed by atoms with E-state index in [2.05, 4.69) is 0 Å². The number of ether oxygens (including phenoxy) is 1. The molecule has 0 amide bonds. The lowest BCUT2D eigenvalue weighted by atomic mass is 9.87. The minimum absolute atomic E-state index is 0.0747. The highest BCUT2D eigenvalue weighted by Gasteiger charge is 2.33. The van der Waals surface area contributed by atoms with Crippen LogP contribution in [0.4, 0.5) is 0 Å². The number of benzene rings is 1. The SMILES string of the molecule is COc1ccc(C)cc1C(=O)C1CCCC1CN. The van der Waals surface area contributed by atoms with Gasteiger partial charge in [-0.15, -0.1) is 0 Å². The number of carbonyl (C=O) groups is 1. The maximum Gasteiger partial charge on any atom is 0.169 e. The van der Waals surface area contributed by atoms with E-state index in [0.717, 1.165) is 24.8 Å². The van der Waals surface area contributed by atoms with Gasteiger partial charge in [-0.2, -0.15) is 0 Å². The molecule has 0 aliphatic heterocycles. The van der Waals surface area contributed by atoms with Crippen molar-refractivity contribution in [2.75, 3.05) is 13.7 Å². The van der Waals surface area contributed by atoms with E-state index in [4.69, 9.17) is 10.5 Å². The minimum atomic E-state index is 0.0747. The summed E-state index contributed by atoms with van der Waals surface area (Å²) in [5, 5.41) is 0. The van der Waals surface area contributed by atoms with Gasteiger partial charge in [-0.3, -0.25) is 4.79 Å². The summed E-state index contributed by atoms with van der Waals surface area (Å²) in [4.78, 5) is 12.6. The van der Waals surface area contributed by atoms with E-state index in [1.165, 1.54) is 0 Å². The zero-order chi connectivity index (χ0) is 13.1. The molecule has 3 nitrogen and oxygen atoms in total. The molecule has 1 saturated carbocycles. The lowest BCUT2D eigenvalue weighted by molar-refractivity contribution is 0.0890. The van der Waals surface area contributed by atoms with Gasteiger partial charge < -0.3 is 10.5 Å². The van der Waals surface area contributed by atoms with Crippen LogP contribution in [0.25, 0.3) is 0 Å². The van der Waals surface area contributed by atoms with Crippen molar-refractivity contribution in [3.63, 3.8) is 0 Å². The third kappa shape index (κ3) is 2.41. The molecule has 0 aromatic heterocycles. The normalized spacial score (nSPS) is 23.1. The highest BCUT2D eigenvalue weighted by molar-refractivity contribution is 6.00. The van der Waals surface area contributed by atoms with Crippen molar-refractivity contribution in [3.05, 3.63) is 29.3 Å². The van der Waals surface area contributed by atoms with E-state index >= 15 is 0 Å². The maximum absolute atomic E-state index is 12.6. The summed E-state index contributed by atoms with van der Waals surface area (Å²) < 4.78 is 5.30. The summed E-state index contributed by atoms with van der Waals surface area (Å²) in [5.41, 5.74) is 7.55. The van der Waals surface area contributed by atoms with Gasteiger partial charge in [-0.25, -0.2) is 0 Å². The number of hydrogen-bond donors (Lipinski definition) is 1. The molecule has 2 rings (SSSR count). The van der Waals surface area contributed by atoms with Crippen molar-refractivity contribution in [1.29, 1.82) is 0 Å². The Morgan fingerprint density at radius 3 is 2.89 bits per heavy atom. The van der Waals surface area contributed by atoms with Gasteiger partial charge >= 0.3 is 0 Å². The summed E-state index contributed by atoms with van der Waals surface area (Å²) in [6, 6.07) is 5.76. The Kier molecular flexibility index (Phi) is 4.02. The number of Topliss-reactive ketones (excluding diaryl/α,β-unsaturated/α-hetero) is 1. The van der Waals surface area contributed by atoms with E-state index in [1.807, 2.05) is 25.1 Å². The van der Waals surface area contributed by atoms with Gasteiger partial charge in [0.2, 0.25) is 0 Å². The van der Waals surface area contributed by atoms with Crippen molar-refractivity contribution >= 4 is 5.78 Å². The Morgan fingerprint density at radius 1 is 1.44 bits per heavy atom. The molecule has 3 heteroatoms. The maximum atomic E-state index is 12.6. The zero-order valence-corrected chi connectivity index (χ0v) is 11.1. The number of nitrogens with two attached hydrogens (primary N) is 1. The van der Waals surface area contributed by atoms with Crippen molar-refractivity contribution in [1.82, 2.24) is 0 Å². The molecule has 18 heavy (non-hydrogen) atoms. The van der Waals surface area contributed by atoms with Crippen molar-refractivity contribution in [3.8, 4) is 5.75 Å². The quantitative estimate of drug-likeness (QED) is 0.832. The lowest BCUT2D eigenvalue weighted by Crippen LogP contribution is -2.25. The Labute approximate surface area is 108 Å². The van der Waals surface area contributed by atoms with Crippen molar-refractivity contribution in [2.24, 2.45) is 17.6 Å². The van der Waals surface area contributed by atoms with Crippen LogP contribution in [-0.4, -0.2) is 19.4 Å². The third-order valence-corrected chi connectivity index (χ3v) is 3.92. The predicted molar refractivity (Wildman–Crippen MR) is 71.9 cm³/mol. The number of ketones is 1. The molecule has 98 valence electrons. The first-order chi connectivity index (χ1) is 8.67. The number of carbonyl (C=O) groups excluding carboxylic acids is 1. The van der Waals surface area contributed by atoms with E-state index in [1.54, 1.807) is 7.11 Å². The van der Waals surface area contributed by atoms with Gasteiger partial charge in [0.15, 0.2) is 5.78 Å². The van der Waals surface area contributed by atoms with Gasteiger partial charge in [0, 0.05) is 5.92 Å². The third-order valence-electron chi connectivity index (χ3n) is 3.92. The average Bonchev–Trinajstić information content (AvgIpc) is 2.86. The van der Waals surface area contributed by atoms with Crippen LogP contribution in [0.15, 0.2) is 18.2 Å². The fraction of sp³-hybridized carbons (Fsp3) is 0.533. The van der Waals surface area contributed by atoms with Crippen LogP contribution in [0.1, 0.15) is 35.2 Å². The second kappa shape index (κ2) is 5.53. The summed E-state index contributed by atoms with van der Waals surface area (Å²) in [5.74, 6) is 1.28. The monoisotopic (exact) mass is 247 g/mol. The lowest BCUT2D eigenvalue weighted by Gasteiger charge is -2.18. The fourth-order valence-electron chi connectivity index (χ4n) is 2.88. The first kappa shape index (κ1) is 13.1. The Bertz CT molecular complexity index is 442. The van der Waals surface area contributed by atoms with Crippen LogP contribution in [0.2, 0.25) is 0 Å².